The summed E-state index contributed by atoms with van der Waals surface area (Å²) < 4.78 is 5.24. The SMILES string of the molecule is Cc1ocnc1C(=O)N1CCC[C@@]2(C(=O)NCCc3ncc[nH]3)CCN(C)C[C@H]12. The van der Waals surface area contributed by atoms with Gasteiger partial charge in [0.25, 0.3) is 5.91 Å². The molecule has 2 atom stereocenters. The van der Waals surface area contributed by atoms with Crippen molar-refractivity contribution in [2.75, 3.05) is 33.2 Å². The lowest BCUT2D eigenvalue weighted by Gasteiger charge is -2.53. The largest absolute Gasteiger partial charge is 0.448 e. The van der Waals surface area contributed by atoms with Crippen molar-refractivity contribution in [3.8, 4) is 0 Å². The first kappa shape index (κ1) is 19.6. The van der Waals surface area contributed by atoms with Crippen LogP contribution in [0.25, 0.3) is 0 Å². The Morgan fingerprint density at radius 3 is 2.93 bits per heavy atom. The third kappa shape index (κ3) is 3.66. The number of imidazole rings is 1. The van der Waals surface area contributed by atoms with Gasteiger partial charge in [0.05, 0.1) is 11.5 Å². The molecule has 0 unspecified atom stereocenters. The summed E-state index contributed by atoms with van der Waals surface area (Å²) in [6.45, 7) is 4.41. The van der Waals surface area contributed by atoms with E-state index in [1.54, 1.807) is 19.3 Å². The Kier molecular flexibility index (Phi) is 5.40. The number of carbonyl (C=O) groups is 2. The second-order valence-electron chi connectivity index (χ2n) is 8.09. The minimum absolute atomic E-state index is 0.0385. The molecule has 4 rings (SSSR count). The van der Waals surface area contributed by atoms with Gasteiger partial charge >= 0.3 is 0 Å². The van der Waals surface area contributed by atoms with Gasteiger partial charge in [-0.25, -0.2) is 9.97 Å². The maximum Gasteiger partial charge on any atom is 0.276 e. The third-order valence-corrected chi connectivity index (χ3v) is 6.32. The van der Waals surface area contributed by atoms with E-state index in [-0.39, 0.29) is 17.9 Å². The molecule has 4 heterocycles. The van der Waals surface area contributed by atoms with Crippen LogP contribution < -0.4 is 5.32 Å². The Morgan fingerprint density at radius 2 is 2.21 bits per heavy atom. The van der Waals surface area contributed by atoms with Crippen molar-refractivity contribution in [1.29, 1.82) is 0 Å². The number of likely N-dealkylation sites (tertiary alicyclic amines) is 2. The van der Waals surface area contributed by atoms with Gasteiger partial charge in [0.15, 0.2) is 12.1 Å². The summed E-state index contributed by atoms with van der Waals surface area (Å²) in [4.78, 5) is 42.0. The standard InChI is InChI=1S/C20H28N6O3/c1-14-17(24-13-29-14)18(27)26-10-3-5-20(6-11-25(2)12-15(20)26)19(28)23-7-4-16-21-8-9-22-16/h8-9,13,15H,3-7,10-12H2,1-2H3,(H,21,22)(H,23,28)/t15-,20+/m0/s1. The molecule has 0 aromatic carbocycles. The van der Waals surface area contributed by atoms with Crippen LogP contribution in [0.3, 0.4) is 0 Å². The molecule has 2 N–H and O–H groups in total. The predicted molar refractivity (Wildman–Crippen MR) is 105 cm³/mol. The number of nitrogens with zero attached hydrogens (tertiary/aromatic N) is 4. The van der Waals surface area contributed by atoms with Crippen LogP contribution in [0.4, 0.5) is 0 Å². The summed E-state index contributed by atoms with van der Waals surface area (Å²) in [5.74, 6) is 1.25. The number of rotatable bonds is 5. The second-order valence-corrected chi connectivity index (χ2v) is 8.09. The highest BCUT2D eigenvalue weighted by atomic mass is 16.3. The first-order chi connectivity index (χ1) is 14.0. The van der Waals surface area contributed by atoms with Crippen molar-refractivity contribution < 1.29 is 14.0 Å². The van der Waals surface area contributed by atoms with Crippen molar-refractivity contribution in [2.24, 2.45) is 5.41 Å². The van der Waals surface area contributed by atoms with E-state index in [2.05, 4.69) is 25.2 Å². The quantitative estimate of drug-likeness (QED) is 0.775. The van der Waals surface area contributed by atoms with Crippen LogP contribution in [-0.4, -0.2) is 75.8 Å². The van der Waals surface area contributed by atoms with Crippen molar-refractivity contribution >= 4 is 11.8 Å². The number of H-pyrrole nitrogens is 1. The predicted octanol–water partition coefficient (Wildman–Crippen LogP) is 0.992. The lowest BCUT2D eigenvalue weighted by molar-refractivity contribution is -0.142. The lowest BCUT2D eigenvalue weighted by Crippen LogP contribution is -2.66. The molecule has 0 saturated carbocycles. The first-order valence-electron chi connectivity index (χ1n) is 10.2. The molecule has 0 spiro atoms. The lowest BCUT2D eigenvalue weighted by atomic mass is 9.67. The van der Waals surface area contributed by atoms with Gasteiger partial charge in [0.2, 0.25) is 5.91 Å². The number of aromatic amines is 1. The molecule has 9 nitrogen and oxygen atoms in total. The number of hydrogen-bond acceptors (Lipinski definition) is 6. The normalized spacial score (nSPS) is 24.9. The summed E-state index contributed by atoms with van der Waals surface area (Å²) in [5.41, 5.74) is -0.228. The van der Waals surface area contributed by atoms with Crippen LogP contribution in [0.1, 0.15) is 41.3 Å². The van der Waals surface area contributed by atoms with Crippen LogP contribution in [0.5, 0.6) is 0 Å². The fraction of sp³-hybridized carbons (Fsp3) is 0.600. The molecule has 0 radical (unpaired) electrons. The fourth-order valence-corrected chi connectivity index (χ4v) is 4.70. The van der Waals surface area contributed by atoms with Crippen molar-refractivity contribution in [3.05, 3.63) is 36.1 Å². The summed E-state index contributed by atoms with van der Waals surface area (Å²) in [6, 6.07) is -0.179. The molecule has 2 aromatic rings. The van der Waals surface area contributed by atoms with E-state index in [0.717, 1.165) is 31.6 Å². The number of nitrogens with one attached hydrogen (secondary N) is 2. The second kappa shape index (κ2) is 7.98. The van der Waals surface area contributed by atoms with Crippen LogP contribution in [0, 0.1) is 12.3 Å². The monoisotopic (exact) mass is 400 g/mol. The average Bonchev–Trinajstić information content (AvgIpc) is 3.38. The maximum absolute atomic E-state index is 13.4. The summed E-state index contributed by atoms with van der Waals surface area (Å²) in [6.07, 6.45) is 7.77. The van der Waals surface area contributed by atoms with E-state index in [0.29, 0.717) is 37.5 Å². The highest BCUT2D eigenvalue weighted by Crippen LogP contribution is 2.43. The van der Waals surface area contributed by atoms with Gasteiger partial charge in [0.1, 0.15) is 11.6 Å². The molecule has 156 valence electrons. The Balaban J connectivity index is 1.53. The van der Waals surface area contributed by atoms with Gasteiger partial charge in [-0.2, -0.15) is 0 Å². The molecule has 2 aliphatic rings. The van der Waals surface area contributed by atoms with Crippen LogP contribution in [0.15, 0.2) is 23.2 Å². The number of aryl methyl sites for hydroxylation is 1. The molecule has 2 aliphatic heterocycles. The molecule has 29 heavy (non-hydrogen) atoms. The minimum Gasteiger partial charge on any atom is -0.448 e. The van der Waals surface area contributed by atoms with E-state index >= 15 is 0 Å². The van der Waals surface area contributed by atoms with Crippen LogP contribution >= 0.6 is 0 Å². The molecule has 2 saturated heterocycles. The number of amides is 2. The van der Waals surface area contributed by atoms with E-state index < -0.39 is 5.41 Å². The molecular formula is C20H28N6O3. The molecule has 9 heteroatoms. The van der Waals surface area contributed by atoms with Gasteiger partial charge in [-0.3, -0.25) is 9.59 Å². The van der Waals surface area contributed by atoms with Gasteiger partial charge in [-0.05, 0) is 39.8 Å². The van der Waals surface area contributed by atoms with E-state index in [4.69, 9.17) is 4.42 Å². The van der Waals surface area contributed by atoms with Crippen molar-refractivity contribution in [3.63, 3.8) is 0 Å². The van der Waals surface area contributed by atoms with Crippen molar-refractivity contribution in [2.45, 2.75) is 38.6 Å². The first-order valence-corrected chi connectivity index (χ1v) is 10.2. The molecule has 0 aliphatic carbocycles. The molecular weight excluding hydrogens is 372 g/mol. The summed E-state index contributed by atoms with van der Waals surface area (Å²) >= 11 is 0. The topological polar surface area (TPSA) is 107 Å². The van der Waals surface area contributed by atoms with Gasteiger partial charge in [0, 0.05) is 38.4 Å². The number of carbonyl (C=O) groups excluding carboxylic acids is 2. The Morgan fingerprint density at radius 1 is 1.34 bits per heavy atom. The number of likely N-dealkylation sites (N-methyl/N-ethyl adjacent to an activating group) is 1. The zero-order chi connectivity index (χ0) is 20.4. The van der Waals surface area contributed by atoms with Crippen LogP contribution in [-0.2, 0) is 11.2 Å². The van der Waals surface area contributed by atoms with E-state index in [1.807, 2.05) is 11.9 Å². The zero-order valence-electron chi connectivity index (χ0n) is 17.0. The molecule has 0 bridgehead atoms. The van der Waals surface area contributed by atoms with Crippen LogP contribution in [0.2, 0.25) is 0 Å². The highest BCUT2D eigenvalue weighted by molar-refractivity contribution is 5.94. The molecule has 2 aromatic heterocycles. The van der Waals surface area contributed by atoms with Gasteiger partial charge < -0.3 is 24.5 Å². The van der Waals surface area contributed by atoms with Gasteiger partial charge in [-0.15, -0.1) is 0 Å². The Labute approximate surface area is 169 Å². The Hall–Kier alpha value is -2.68. The van der Waals surface area contributed by atoms with E-state index in [9.17, 15) is 9.59 Å². The number of fused-ring (bicyclic) bond motifs is 1. The molecule has 2 fully saturated rings. The van der Waals surface area contributed by atoms with Crippen molar-refractivity contribution in [1.82, 2.24) is 30.1 Å². The fourth-order valence-electron chi connectivity index (χ4n) is 4.70. The minimum atomic E-state index is -0.568. The van der Waals surface area contributed by atoms with Gasteiger partial charge in [-0.1, -0.05) is 0 Å². The third-order valence-electron chi connectivity index (χ3n) is 6.32. The zero-order valence-corrected chi connectivity index (χ0v) is 17.0. The maximum atomic E-state index is 13.4. The number of hydrogen-bond donors (Lipinski definition) is 2. The van der Waals surface area contributed by atoms with E-state index in [1.165, 1.54) is 6.39 Å². The smallest absolute Gasteiger partial charge is 0.276 e. The number of piperidine rings is 2. The number of aromatic nitrogens is 3. The average molecular weight is 400 g/mol. The molecule has 2 amide bonds. The summed E-state index contributed by atoms with van der Waals surface area (Å²) in [5, 5.41) is 3.11. The number of oxazole rings is 1. The highest BCUT2D eigenvalue weighted by Gasteiger charge is 2.53. The Bertz CT molecular complexity index is 863. The summed E-state index contributed by atoms with van der Waals surface area (Å²) in [7, 11) is 2.04.